The molecule has 0 bridgehead atoms. The lowest BCUT2D eigenvalue weighted by Crippen LogP contribution is -2.01. The molecule has 0 spiro atoms. The number of anilines is 1. The number of aromatic nitrogens is 3. The summed E-state index contributed by atoms with van der Waals surface area (Å²) >= 11 is 0. The summed E-state index contributed by atoms with van der Waals surface area (Å²) in [6, 6.07) is 23.4. The molecule has 0 fully saturated rings. The maximum absolute atomic E-state index is 14.1. The summed E-state index contributed by atoms with van der Waals surface area (Å²) in [6.45, 7) is 0. The molecule has 136 valence electrons. The van der Waals surface area contributed by atoms with E-state index in [0.717, 1.165) is 11.3 Å². The second-order valence-corrected chi connectivity index (χ2v) is 6.73. The van der Waals surface area contributed by atoms with Crippen LogP contribution in [0.1, 0.15) is 11.3 Å². The summed E-state index contributed by atoms with van der Waals surface area (Å²) in [5, 5.41) is 0.650. The van der Waals surface area contributed by atoms with Crippen LogP contribution in [0.25, 0.3) is 27.7 Å². The Morgan fingerprint density at radius 1 is 0.857 bits per heavy atom. The predicted octanol–water partition coefficient (Wildman–Crippen LogP) is 4.86. The van der Waals surface area contributed by atoms with Crippen molar-refractivity contribution < 1.29 is 4.39 Å². The van der Waals surface area contributed by atoms with Crippen molar-refractivity contribution in [3.63, 3.8) is 0 Å². The number of para-hydroxylation sites is 1. The first-order chi connectivity index (χ1) is 13.7. The van der Waals surface area contributed by atoms with Crippen LogP contribution in [-0.4, -0.2) is 14.4 Å². The molecule has 0 saturated carbocycles. The first-order valence-corrected chi connectivity index (χ1v) is 9.06. The van der Waals surface area contributed by atoms with E-state index in [1.807, 2.05) is 42.6 Å². The number of imidazole rings is 1. The second kappa shape index (κ2) is 6.46. The number of hydrogen-bond acceptors (Lipinski definition) is 3. The Hall–Kier alpha value is -3.73. The zero-order valence-electron chi connectivity index (χ0n) is 15.0. The first-order valence-electron chi connectivity index (χ1n) is 9.06. The minimum absolute atomic E-state index is 0.225. The third kappa shape index (κ3) is 2.68. The van der Waals surface area contributed by atoms with Crippen LogP contribution in [0.3, 0.4) is 0 Å². The molecule has 4 nitrogen and oxygen atoms in total. The maximum atomic E-state index is 14.1. The summed E-state index contributed by atoms with van der Waals surface area (Å²) in [4.78, 5) is 8.96. The van der Waals surface area contributed by atoms with Gasteiger partial charge in [-0.25, -0.2) is 14.4 Å². The minimum atomic E-state index is -0.398. The fourth-order valence-corrected chi connectivity index (χ4v) is 3.63. The molecule has 28 heavy (non-hydrogen) atoms. The Bertz CT molecular complexity index is 1310. The second-order valence-electron chi connectivity index (χ2n) is 6.73. The van der Waals surface area contributed by atoms with Gasteiger partial charge in [0.25, 0.3) is 0 Å². The third-order valence-electron chi connectivity index (χ3n) is 4.93. The largest absolute Gasteiger partial charge is 0.369 e. The quantitative estimate of drug-likeness (QED) is 0.495. The lowest BCUT2D eigenvalue weighted by atomic mass is 9.97. The Kier molecular flexibility index (Phi) is 3.79. The van der Waals surface area contributed by atoms with E-state index in [-0.39, 0.29) is 11.5 Å². The van der Waals surface area contributed by atoms with Crippen molar-refractivity contribution >= 4 is 22.5 Å². The molecule has 2 N–H and O–H groups in total. The van der Waals surface area contributed by atoms with Crippen LogP contribution in [0, 0.1) is 5.82 Å². The molecule has 0 aliphatic heterocycles. The summed E-state index contributed by atoms with van der Waals surface area (Å²) in [5.41, 5.74) is 11.3. The van der Waals surface area contributed by atoms with Gasteiger partial charge in [-0.1, -0.05) is 60.7 Å². The number of nitrogen functional groups attached to an aromatic ring is 1. The van der Waals surface area contributed by atoms with Crippen molar-refractivity contribution in [1.29, 1.82) is 0 Å². The molecule has 0 radical (unpaired) electrons. The van der Waals surface area contributed by atoms with Crippen LogP contribution >= 0.6 is 0 Å². The molecule has 0 aliphatic carbocycles. The van der Waals surface area contributed by atoms with Crippen LogP contribution in [0.2, 0.25) is 0 Å². The SMILES string of the molecule is Nc1nc2c(F)cccc2c2nc(Cc3ccccc3-c3ccccc3)cn12. The fourth-order valence-electron chi connectivity index (χ4n) is 3.63. The van der Waals surface area contributed by atoms with Gasteiger partial charge in [0.05, 0.1) is 5.69 Å². The third-order valence-corrected chi connectivity index (χ3v) is 4.93. The number of nitrogens with zero attached hydrogens (tertiary/aromatic N) is 3. The monoisotopic (exact) mass is 368 g/mol. The number of halogens is 1. The van der Waals surface area contributed by atoms with Crippen molar-refractivity contribution in [3.8, 4) is 11.1 Å². The van der Waals surface area contributed by atoms with Gasteiger partial charge in [0.2, 0.25) is 5.95 Å². The zero-order valence-corrected chi connectivity index (χ0v) is 15.0. The highest BCUT2D eigenvalue weighted by Crippen LogP contribution is 2.27. The van der Waals surface area contributed by atoms with E-state index in [9.17, 15) is 4.39 Å². The predicted molar refractivity (Wildman–Crippen MR) is 110 cm³/mol. The van der Waals surface area contributed by atoms with Crippen LogP contribution < -0.4 is 5.73 Å². The Labute approximate surface area is 161 Å². The van der Waals surface area contributed by atoms with Gasteiger partial charge in [-0.2, -0.15) is 0 Å². The number of fused-ring (bicyclic) bond motifs is 3. The number of rotatable bonds is 3. The van der Waals surface area contributed by atoms with Gasteiger partial charge in [0.1, 0.15) is 17.0 Å². The zero-order chi connectivity index (χ0) is 19.1. The van der Waals surface area contributed by atoms with Gasteiger partial charge in [-0.15, -0.1) is 0 Å². The topological polar surface area (TPSA) is 56.2 Å². The average Bonchev–Trinajstić information content (AvgIpc) is 3.15. The Morgan fingerprint density at radius 2 is 1.64 bits per heavy atom. The highest BCUT2D eigenvalue weighted by atomic mass is 19.1. The van der Waals surface area contributed by atoms with Crippen LogP contribution in [0.4, 0.5) is 10.3 Å². The minimum Gasteiger partial charge on any atom is -0.369 e. The lowest BCUT2D eigenvalue weighted by molar-refractivity contribution is 0.636. The molecule has 5 heteroatoms. The Balaban J connectivity index is 1.64. The van der Waals surface area contributed by atoms with Gasteiger partial charge < -0.3 is 5.73 Å². The molecule has 0 saturated heterocycles. The van der Waals surface area contributed by atoms with Crippen molar-refractivity contribution in [2.45, 2.75) is 6.42 Å². The van der Waals surface area contributed by atoms with Gasteiger partial charge in [-0.3, -0.25) is 4.40 Å². The Morgan fingerprint density at radius 3 is 2.50 bits per heavy atom. The maximum Gasteiger partial charge on any atom is 0.206 e. The van der Waals surface area contributed by atoms with Crippen molar-refractivity contribution in [2.75, 3.05) is 5.73 Å². The van der Waals surface area contributed by atoms with Gasteiger partial charge in [-0.05, 0) is 28.8 Å². The molecule has 0 aliphatic rings. The van der Waals surface area contributed by atoms with Crippen molar-refractivity contribution in [2.24, 2.45) is 0 Å². The van der Waals surface area contributed by atoms with Crippen molar-refractivity contribution in [1.82, 2.24) is 14.4 Å². The van der Waals surface area contributed by atoms with Gasteiger partial charge in [0, 0.05) is 18.0 Å². The highest BCUT2D eigenvalue weighted by molar-refractivity contribution is 5.92. The van der Waals surface area contributed by atoms with Gasteiger partial charge >= 0.3 is 0 Å². The summed E-state index contributed by atoms with van der Waals surface area (Å²) in [6.07, 6.45) is 2.52. The van der Waals surface area contributed by atoms with Crippen LogP contribution in [-0.2, 0) is 6.42 Å². The lowest BCUT2D eigenvalue weighted by Gasteiger charge is -2.08. The molecular weight excluding hydrogens is 351 g/mol. The molecule has 0 amide bonds. The molecule has 2 heterocycles. The van der Waals surface area contributed by atoms with E-state index in [1.54, 1.807) is 10.5 Å². The van der Waals surface area contributed by atoms with E-state index in [1.165, 1.54) is 17.2 Å². The van der Waals surface area contributed by atoms with Crippen molar-refractivity contribution in [3.05, 3.63) is 96.1 Å². The van der Waals surface area contributed by atoms with E-state index in [2.05, 4.69) is 29.2 Å². The summed E-state index contributed by atoms with van der Waals surface area (Å²) in [5.74, 6) is -0.173. The number of nitrogens with two attached hydrogens (primary N) is 1. The molecule has 2 aromatic heterocycles. The van der Waals surface area contributed by atoms with Gasteiger partial charge in [0.15, 0.2) is 0 Å². The normalized spacial score (nSPS) is 11.3. The van der Waals surface area contributed by atoms with E-state index < -0.39 is 5.82 Å². The molecule has 3 aromatic carbocycles. The van der Waals surface area contributed by atoms with E-state index >= 15 is 0 Å². The molecule has 5 rings (SSSR count). The molecule has 5 aromatic rings. The number of benzene rings is 3. The first kappa shape index (κ1) is 16.4. The highest BCUT2D eigenvalue weighted by Gasteiger charge is 2.14. The van der Waals surface area contributed by atoms with E-state index in [0.29, 0.717) is 17.5 Å². The average molecular weight is 368 g/mol. The summed E-state index contributed by atoms with van der Waals surface area (Å²) in [7, 11) is 0. The molecule has 0 unspecified atom stereocenters. The van der Waals surface area contributed by atoms with E-state index in [4.69, 9.17) is 10.7 Å². The smallest absolute Gasteiger partial charge is 0.206 e. The summed E-state index contributed by atoms with van der Waals surface area (Å²) < 4.78 is 15.9. The van der Waals surface area contributed by atoms with Crippen LogP contribution in [0.5, 0.6) is 0 Å². The fraction of sp³-hybridized carbons (Fsp3) is 0.0435. The van der Waals surface area contributed by atoms with Crippen LogP contribution in [0.15, 0.2) is 79.0 Å². The number of hydrogen-bond donors (Lipinski definition) is 1. The standard InChI is InChI=1S/C23H17FN4/c24-20-12-6-11-19-21(20)27-23(25)28-14-17(26-22(19)28)13-16-9-4-5-10-18(16)15-7-2-1-3-8-15/h1-12,14H,13H2,(H2,25,27). The molecule has 0 atom stereocenters. The molecular formula is C23H17FN4.